The number of rotatable bonds is 4. The minimum absolute atomic E-state index is 0.0123. The van der Waals surface area contributed by atoms with Crippen molar-refractivity contribution in [2.24, 2.45) is 0 Å². The highest BCUT2D eigenvalue weighted by atomic mass is 19.1. The van der Waals surface area contributed by atoms with Gasteiger partial charge >= 0.3 is 0 Å². The van der Waals surface area contributed by atoms with Crippen LogP contribution in [0.2, 0.25) is 0 Å². The predicted octanol–water partition coefficient (Wildman–Crippen LogP) is 3.71. The van der Waals surface area contributed by atoms with E-state index >= 15 is 0 Å². The van der Waals surface area contributed by atoms with E-state index in [0.717, 1.165) is 35.3 Å². The van der Waals surface area contributed by atoms with E-state index in [2.05, 4.69) is 4.90 Å². The standard InChI is InChI=1S/C22H21FN2O2/c23-18-8-10-19(11-9-18)24-12-14-25(15-13-24)22(26)16-27-21-7-3-5-17-4-1-2-6-20(17)21/h1-11H,12-16H2. The zero-order chi connectivity index (χ0) is 18.6. The number of piperazine rings is 1. The normalized spacial score (nSPS) is 14.4. The number of anilines is 1. The third-order valence-electron chi connectivity index (χ3n) is 4.92. The molecule has 1 heterocycles. The highest BCUT2D eigenvalue weighted by Crippen LogP contribution is 2.25. The van der Waals surface area contributed by atoms with Crippen LogP contribution in [0.15, 0.2) is 66.7 Å². The van der Waals surface area contributed by atoms with Crippen LogP contribution in [-0.2, 0) is 4.79 Å². The van der Waals surface area contributed by atoms with Gasteiger partial charge in [-0.3, -0.25) is 4.79 Å². The van der Waals surface area contributed by atoms with E-state index in [0.29, 0.717) is 13.1 Å². The molecular weight excluding hydrogens is 343 g/mol. The number of carbonyl (C=O) groups excluding carboxylic acids is 1. The maximum absolute atomic E-state index is 13.1. The van der Waals surface area contributed by atoms with Gasteiger partial charge in [-0.05, 0) is 35.7 Å². The molecule has 0 saturated carbocycles. The second-order valence-corrected chi connectivity index (χ2v) is 6.61. The second-order valence-electron chi connectivity index (χ2n) is 6.61. The monoisotopic (exact) mass is 364 g/mol. The van der Waals surface area contributed by atoms with Crippen LogP contribution in [0.25, 0.3) is 10.8 Å². The van der Waals surface area contributed by atoms with E-state index in [1.807, 2.05) is 47.4 Å². The summed E-state index contributed by atoms with van der Waals surface area (Å²) in [5, 5.41) is 2.10. The first-order valence-corrected chi connectivity index (χ1v) is 9.09. The van der Waals surface area contributed by atoms with Crippen LogP contribution in [0.4, 0.5) is 10.1 Å². The van der Waals surface area contributed by atoms with Crippen molar-refractivity contribution in [2.45, 2.75) is 0 Å². The summed E-state index contributed by atoms with van der Waals surface area (Å²) in [5.74, 6) is 0.478. The fraction of sp³-hybridized carbons (Fsp3) is 0.227. The molecule has 1 fully saturated rings. The zero-order valence-electron chi connectivity index (χ0n) is 15.0. The van der Waals surface area contributed by atoms with Crippen LogP contribution in [0.3, 0.4) is 0 Å². The summed E-state index contributed by atoms with van der Waals surface area (Å²) in [6.45, 7) is 2.76. The largest absolute Gasteiger partial charge is 0.483 e. The van der Waals surface area contributed by atoms with Crippen LogP contribution in [0, 0.1) is 5.82 Å². The van der Waals surface area contributed by atoms with E-state index in [1.54, 1.807) is 12.1 Å². The molecule has 1 amide bonds. The lowest BCUT2D eigenvalue weighted by molar-refractivity contribution is -0.133. The van der Waals surface area contributed by atoms with Crippen molar-refractivity contribution >= 4 is 22.4 Å². The summed E-state index contributed by atoms with van der Waals surface area (Å²) >= 11 is 0. The fourth-order valence-corrected chi connectivity index (χ4v) is 3.42. The van der Waals surface area contributed by atoms with Gasteiger partial charge in [-0.2, -0.15) is 0 Å². The predicted molar refractivity (Wildman–Crippen MR) is 105 cm³/mol. The maximum Gasteiger partial charge on any atom is 0.260 e. The summed E-state index contributed by atoms with van der Waals surface area (Å²) in [4.78, 5) is 16.5. The van der Waals surface area contributed by atoms with Gasteiger partial charge in [0.2, 0.25) is 0 Å². The Balaban J connectivity index is 1.34. The molecule has 1 aliphatic heterocycles. The number of carbonyl (C=O) groups is 1. The number of amides is 1. The van der Waals surface area contributed by atoms with Crippen molar-refractivity contribution in [3.63, 3.8) is 0 Å². The summed E-state index contributed by atoms with van der Waals surface area (Å²) in [7, 11) is 0. The second kappa shape index (κ2) is 7.66. The molecule has 4 rings (SSSR count). The molecule has 0 bridgehead atoms. The summed E-state index contributed by atoms with van der Waals surface area (Å²) in [5.41, 5.74) is 0.982. The van der Waals surface area contributed by atoms with Crippen LogP contribution in [0.5, 0.6) is 5.75 Å². The lowest BCUT2D eigenvalue weighted by Crippen LogP contribution is -2.50. The van der Waals surface area contributed by atoms with Gasteiger partial charge in [0.1, 0.15) is 11.6 Å². The first-order valence-electron chi connectivity index (χ1n) is 9.09. The molecule has 0 radical (unpaired) electrons. The number of hydrogen-bond acceptors (Lipinski definition) is 3. The summed E-state index contributed by atoms with van der Waals surface area (Å²) < 4.78 is 18.9. The fourth-order valence-electron chi connectivity index (χ4n) is 3.42. The van der Waals surface area contributed by atoms with Crippen LogP contribution in [-0.4, -0.2) is 43.6 Å². The molecule has 3 aromatic carbocycles. The lowest BCUT2D eigenvalue weighted by Gasteiger charge is -2.36. The van der Waals surface area contributed by atoms with E-state index in [9.17, 15) is 9.18 Å². The molecule has 1 aliphatic rings. The first-order chi connectivity index (χ1) is 13.2. The Labute approximate surface area is 157 Å². The third kappa shape index (κ3) is 3.87. The van der Waals surface area contributed by atoms with Gasteiger partial charge < -0.3 is 14.5 Å². The quantitative estimate of drug-likeness (QED) is 0.708. The molecule has 4 nitrogen and oxygen atoms in total. The summed E-state index contributed by atoms with van der Waals surface area (Å²) in [6.07, 6.45) is 0. The number of hydrogen-bond donors (Lipinski definition) is 0. The van der Waals surface area contributed by atoms with Gasteiger partial charge in [0, 0.05) is 37.3 Å². The average molecular weight is 364 g/mol. The van der Waals surface area contributed by atoms with E-state index in [1.165, 1.54) is 12.1 Å². The molecule has 0 aliphatic carbocycles. The third-order valence-corrected chi connectivity index (χ3v) is 4.92. The topological polar surface area (TPSA) is 32.8 Å². The van der Waals surface area contributed by atoms with Gasteiger partial charge in [0.15, 0.2) is 6.61 Å². The number of nitrogens with zero attached hydrogens (tertiary/aromatic N) is 2. The molecule has 0 N–H and O–H groups in total. The van der Waals surface area contributed by atoms with Crippen molar-refractivity contribution in [3.8, 4) is 5.75 Å². The number of halogens is 1. The molecule has 5 heteroatoms. The molecule has 138 valence electrons. The lowest BCUT2D eigenvalue weighted by atomic mass is 10.1. The number of benzene rings is 3. The van der Waals surface area contributed by atoms with Gasteiger partial charge in [-0.15, -0.1) is 0 Å². The van der Waals surface area contributed by atoms with Crippen molar-refractivity contribution in [1.29, 1.82) is 0 Å². The van der Waals surface area contributed by atoms with E-state index < -0.39 is 0 Å². The van der Waals surface area contributed by atoms with Crippen molar-refractivity contribution < 1.29 is 13.9 Å². The number of fused-ring (bicyclic) bond motifs is 1. The Bertz CT molecular complexity index is 929. The van der Waals surface area contributed by atoms with Crippen LogP contribution < -0.4 is 9.64 Å². The zero-order valence-corrected chi connectivity index (χ0v) is 15.0. The molecule has 0 unspecified atom stereocenters. The maximum atomic E-state index is 13.1. The highest BCUT2D eigenvalue weighted by Gasteiger charge is 2.21. The van der Waals surface area contributed by atoms with Gasteiger partial charge in [-0.25, -0.2) is 4.39 Å². The Morgan fingerprint density at radius 3 is 2.37 bits per heavy atom. The minimum Gasteiger partial charge on any atom is -0.483 e. The Morgan fingerprint density at radius 1 is 0.889 bits per heavy atom. The molecule has 27 heavy (non-hydrogen) atoms. The Morgan fingerprint density at radius 2 is 1.59 bits per heavy atom. The molecule has 3 aromatic rings. The van der Waals surface area contributed by atoms with E-state index in [-0.39, 0.29) is 18.3 Å². The van der Waals surface area contributed by atoms with Crippen LogP contribution >= 0.6 is 0 Å². The molecule has 1 saturated heterocycles. The smallest absolute Gasteiger partial charge is 0.260 e. The van der Waals surface area contributed by atoms with Gasteiger partial charge in [0.25, 0.3) is 5.91 Å². The average Bonchev–Trinajstić information content (AvgIpc) is 2.72. The molecule has 0 spiro atoms. The van der Waals surface area contributed by atoms with Crippen molar-refractivity contribution in [2.75, 3.05) is 37.7 Å². The van der Waals surface area contributed by atoms with Gasteiger partial charge in [0.05, 0.1) is 0 Å². The SMILES string of the molecule is O=C(COc1cccc2ccccc12)N1CCN(c2ccc(F)cc2)CC1. The number of ether oxygens (including phenoxy) is 1. The molecule has 0 aromatic heterocycles. The molecule has 0 atom stereocenters. The molecular formula is C22H21FN2O2. The minimum atomic E-state index is -0.238. The van der Waals surface area contributed by atoms with Crippen molar-refractivity contribution in [1.82, 2.24) is 4.90 Å². The highest BCUT2D eigenvalue weighted by molar-refractivity contribution is 5.88. The van der Waals surface area contributed by atoms with Crippen LogP contribution in [0.1, 0.15) is 0 Å². The summed E-state index contributed by atoms with van der Waals surface area (Å²) in [6, 6.07) is 20.3. The Kier molecular flexibility index (Phi) is 4.92. The van der Waals surface area contributed by atoms with E-state index in [4.69, 9.17) is 4.74 Å². The first kappa shape index (κ1) is 17.3. The Hall–Kier alpha value is -3.08. The van der Waals surface area contributed by atoms with Crippen molar-refractivity contribution in [3.05, 3.63) is 72.5 Å². The van der Waals surface area contributed by atoms with Gasteiger partial charge in [-0.1, -0.05) is 36.4 Å².